The molecule has 5 nitrogen and oxygen atoms in total. The zero-order chi connectivity index (χ0) is 15.2. The summed E-state index contributed by atoms with van der Waals surface area (Å²) in [7, 11) is 1.59. The normalized spacial score (nSPS) is 22.9. The number of ether oxygens (including phenoxy) is 2. The topological polar surface area (TPSA) is 77.1 Å². The molecule has 0 saturated heterocycles. The van der Waals surface area contributed by atoms with Gasteiger partial charge in [0.2, 0.25) is 0 Å². The van der Waals surface area contributed by atoms with Crippen molar-refractivity contribution in [2.75, 3.05) is 7.11 Å². The van der Waals surface area contributed by atoms with Crippen LogP contribution in [0.25, 0.3) is 0 Å². The molecule has 1 fully saturated rings. The Labute approximate surface area is 125 Å². The minimum absolute atomic E-state index is 0.0589. The number of hydrogen-bond acceptors (Lipinski definition) is 4. The van der Waals surface area contributed by atoms with E-state index in [4.69, 9.17) is 20.4 Å². The molecule has 21 heavy (non-hydrogen) atoms. The fourth-order valence-electron chi connectivity index (χ4n) is 2.88. The Bertz CT molecular complexity index is 502. The molecule has 0 aromatic heterocycles. The van der Waals surface area contributed by atoms with E-state index < -0.39 is 0 Å². The molecular weight excluding hydrogens is 268 g/mol. The van der Waals surface area contributed by atoms with Gasteiger partial charge < -0.3 is 20.4 Å². The van der Waals surface area contributed by atoms with Gasteiger partial charge in [-0.2, -0.15) is 0 Å². The summed E-state index contributed by atoms with van der Waals surface area (Å²) in [6, 6.07) is 5.32. The van der Waals surface area contributed by atoms with E-state index in [2.05, 4.69) is 12.1 Å². The highest BCUT2D eigenvalue weighted by atomic mass is 16.5. The molecule has 1 aliphatic rings. The number of oxime groups is 1. The smallest absolute Gasteiger partial charge is 0.170 e. The van der Waals surface area contributed by atoms with Crippen LogP contribution >= 0.6 is 0 Å². The largest absolute Gasteiger partial charge is 0.493 e. The lowest BCUT2D eigenvalue weighted by Gasteiger charge is -2.29. The van der Waals surface area contributed by atoms with E-state index in [1.807, 2.05) is 6.07 Å². The molecule has 1 aromatic carbocycles. The summed E-state index contributed by atoms with van der Waals surface area (Å²) in [5.74, 6) is 2.14. The van der Waals surface area contributed by atoms with Gasteiger partial charge in [0.25, 0.3) is 0 Å². The van der Waals surface area contributed by atoms with Crippen LogP contribution in [0.2, 0.25) is 0 Å². The summed E-state index contributed by atoms with van der Waals surface area (Å²) >= 11 is 0. The maximum absolute atomic E-state index is 8.73. The average molecular weight is 292 g/mol. The van der Waals surface area contributed by atoms with Crippen LogP contribution < -0.4 is 15.2 Å². The van der Waals surface area contributed by atoms with Gasteiger partial charge in [-0.3, -0.25) is 0 Å². The molecular formula is C16H24N2O3. The van der Waals surface area contributed by atoms with Gasteiger partial charge in [-0.05, 0) is 43.4 Å². The van der Waals surface area contributed by atoms with Crippen LogP contribution in [0.5, 0.6) is 11.5 Å². The highest BCUT2D eigenvalue weighted by Gasteiger charge is 2.23. The number of methoxy groups -OCH3 is 1. The van der Waals surface area contributed by atoms with Crippen molar-refractivity contribution in [3.8, 4) is 11.5 Å². The van der Waals surface area contributed by atoms with Crippen LogP contribution in [-0.4, -0.2) is 24.3 Å². The van der Waals surface area contributed by atoms with Crippen LogP contribution in [0.1, 0.15) is 44.6 Å². The maximum Gasteiger partial charge on any atom is 0.170 e. The Morgan fingerprint density at radius 3 is 2.86 bits per heavy atom. The molecule has 1 aromatic rings. The number of rotatable bonds is 5. The van der Waals surface area contributed by atoms with Crippen molar-refractivity contribution in [2.45, 2.75) is 45.1 Å². The molecule has 2 atom stereocenters. The molecule has 3 N–H and O–H groups in total. The first-order valence-electron chi connectivity index (χ1n) is 7.50. The number of benzene rings is 1. The number of hydrogen-bond donors (Lipinski definition) is 2. The molecule has 0 aliphatic heterocycles. The summed E-state index contributed by atoms with van der Waals surface area (Å²) < 4.78 is 11.5. The zero-order valence-electron chi connectivity index (χ0n) is 12.7. The molecule has 0 spiro atoms. The minimum Gasteiger partial charge on any atom is -0.493 e. The van der Waals surface area contributed by atoms with Crippen molar-refractivity contribution >= 4 is 5.84 Å². The lowest BCUT2D eigenvalue weighted by Crippen LogP contribution is -2.25. The van der Waals surface area contributed by atoms with Crippen LogP contribution in [-0.2, 0) is 0 Å². The lowest BCUT2D eigenvalue weighted by atomic mass is 9.85. The third-order valence-corrected chi connectivity index (χ3v) is 4.17. The summed E-state index contributed by atoms with van der Waals surface area (Å²) in [5.41, 5.74) is 6.20. The molecule has 1 saturated carbocycles. The second kappa shape index (κ2) is 7.20. The van der Waals surface area contributed by atoms with Crippen LogP contribution in [0.15, 0.2) is 23.4 Å². The van der Waals surface area contributed by atoms with E-state index in [0.717, 1.165) is 18.8 Å². The number of amidine groups is 1. The summed E-state index contributed by atoms with van der Waals surface area (Å²) in [4.78, 5) is 0. The molecule has 0 radical (unpaired) electrons. The molecule has 0 heterocycles. The molecule has 116 valence electrons. The second-order valence-corrected chi connectivity index (χ2v) is 5.53. The van der Waals surface area contributed by atoms with Crippen molar-refractivity contribution in [3.63, 3.8) is 0 Å². The van der Waals surface area contributed by atoms with Gasteiger partial charge in [-0.25, -0.2) is 0 Å². The quantitative estimate of drug-likeness (QED) is 0.378. The predicted octanol–water partition coefficient (Wildman–Crippen LogP) is 3.14. The monoisotopic (exact) mass is 292 g/mol. The van der Waals surface area contributed by atoms with Crippen LogP contribution in [0, 0.1) is 5.92 Å². The zero-order valence-corrected chi connectivity index (χ0v) is 12.7. The third kappa shape index (κ3) is 3.80. The summed E-state index contributed by atoms with van der Waals surface area (Å²) in [6.45, 7) is 2.24. The Balaban J connectivity index is 2.12. The minimum atomic E-state index is 0.0589. The number of nitrogens with zero attached hydrogens (tertiary/aromatic N) is 1. The Morgan fingerprint density at radius 2 is 2.19 bits per heavy atom. The summed E-state index contributed by atoms with van der Waals surface area (Å²) in [6.07, 6.45) is 6.15. The van der Waals surface area contributed by atoms with Gasteiger partial charge in [0.05, 0.1) is 13.2 Å². The first-order chi connectivity index (χ1) is 10.2. The fourth-order valence-corrected chi connectivity index (χ4v) is 2.88. The Hall–Kier alpha value is -1.91. The number of nitrogens with two attached hydrogens (primary N) is 1. The molecule has 5 heteroatoms. The van der Waals surface area contributed by atoms with Crippen molar-refractivity contribution in [1.29, 1.82) is 0 Å². The van der Waals surface area contributed by atoms with Gasteiger partial charge >= 0.3 is 0 Å². The Morgan fingerprint density at radius 1 is 1.38 bits per heavy atom. The van der Waals surface area contributed by atoms with Gasteiger partial charge in [0, 0.05) is 5.56 Å². The van der Waals surface area contributed by atoms with Crippen molar-refractivity contribution < 1.29 is 14.7 Å². The molecule has 0 amide bonds. The third-order valence-electron chi connectivity index (χ3n) is 4.17. The maximum atomic E-state index is 8.73. The SMILES string of the molecule is CCC1CCCC(Oc2ccc(C(N)=NO)cc2OC)C1. The fraction of sp³-hybridized carbons (Fsp3) is 0.562. The predicted molar refractivity (Wildman–Crippen MR) is 82.2 cm³/mol. The van der Waals surface area contributed by atoms with Crippen molar-refractivity contribution in [2.24, 2.45) is 16.8 Å². The molecule has 0 bridgehead atoms. The Kier molecular flexibility index (Phi) is 5.31. The second-order valence-electron chi connectivity index (χ2n) is 5.53. The van der Waals surface area contributed by atoms with E-state index in [-0.39, 0.29) is 11.9 Å². The summed E-state index contributed by atoms with van der Waals surface area (Å²) in [5, 5.41) is 11.7. The van der Waals surface area contributed by atoms with E-state index in [9.17, 15) is 0 Å². The first kappa shape index (κ1) is 15.5. The van der Waals surface area contributed by atoms with Crippen molar-refractivity contribution in [3.05, 3.63) is 23.8 Å². The standard InChI is InChI=1S/C16H24N2O3/c1-3-11-5-4-6-13(9-11)21-14-8-7-12(16(17)18-19)10-15(14)20-2/h7-8,10-11,13,19H,3-6,9H2,1-2H3,(H2,17,18). The highest BCUT2D eigenvalue weighted by molar-refractivity contribution is 5.97. The van der Waals surface area contributed by atoms with E-state index >= 15 is 0 Å². The van der Waals surface area contributed by atoms with Gasteiger partial charge in [0.15, 0.2) is 17.3 Å². The molecule has 1 aliphatic carbocycles. The van der Waals surface area contributed by atoms with Crippen LogP contribution in [0.3, 0.4) is 0 Å². The molecule has 2 unspecified atom stereocenters. The van der Waals surface area contributed by atoms with Crippen molar-refractivity contribution in [1.82, 2.24) is 0 Å². The molecule has 2 rings (SSSR count). The van der Waals surface area contributed by atoms with E-state index in [0.29, 0.717) is 17.1 Å². The first-order valence-corrected chi connectivity index (χ1v) is 7.50. The van der Waals surface area contributed by atoms with E-state index in [1.165, 1.54) is 19.3 Å². The van der Waals surface area contributed by atoms with Gasteiger partial charge in [0.1, 0.15) is 0 Å². The highest BCUT2D eigenvalue weighted by Crippen LogP contribution is 2.34. The van der Waals surface area contributed by atoms with Crippen LogP contribution in [0.4, 0.5) is 0 Å². The van der Waals surface area contributed by atoms with Gasteiger partial charge in [-0.15, -0.1) is 0 Å². The van der Waals surface area contributed by atoms with Gasteiger partial charge in [-0.1, -0.05) is 24.9 Å². The lowest BCUT2D eigenvalue weighted by molar-refractivity contribution is 0.118. The van der Waals surface area contributed by atoms with E-state index in [1.54, 1.807) is 19.2 Å². The average Bonchev–Trinajstić information content (AvgIpc) is 2.54.